The van der Waals surface area contributed by atoms with Gasteiger partial charge in [-0.1, -0.05) is 66.8 Å². The van der Waals surface area contributed by atoms with E-state index in [4.69, 9.17) is 4.42 Å². The van der Waals surface area contributed by atoms with E-state index in [1.165, 1.54) is 10.6 Å². The van der Waals surface area contributed by atoms with Crippen LogP contribution >= 0.6 is 0 Å². The zero-order valence-corrected chi connectivity index (χ0v) is 11.7. The van der Waals surface area contributed by atoms with Crippen molar-refractivity contribution in [1.82, 2.24) is 0 Å². The number of fused-ring (bicyclic) bond motifs is 1. The SMILES string of the molecule is C[Si](C)(c1ccccc1)c1cc2ccccc2o1. The average Bonchev–Trinajstić information content (AvgIpc) is 2.84. The lowest BCUT2D eigenvalue weighted by atomic mass is 10.3. The summed E-state index contributed by atoms with van der Waals surface area (Å²) in [5.41, 5.74) is 0.990. The van der Waals surface area contributed by atoms with E-state index in [-0.39, 0.29) is 0 Å². The van der Waals surface area contributed by atoms with E-state index in [1.54, 1.807) is 0 Å². The van der Waals surface area contributed by atoms with Gasteiger partial charge >= 0.3 is 0 Å². The van der Waals surface area contributed by atoms with Crippen LogP contribution in [0, 0.1) is 0 Å². The quantitative estimate of drug-likeness (QED) is 0.638. The van der Waals surface area contributed by atoms with Gasteiger partial charge in [0.25, 0.3) is 0 Å². The summed E-state index contributed by atoms with van der Waals surface area (Å²) in [6, 6.07) is 21.1. The van der Waals surface area contributed by atoms with Crippen molar-refractivity contribution >= 4 is 29.6 Å². The van der Waals surface area contributed by atoms with E-state index < -0.39 is 8.07 Å². The molecule has 90 valence electrons. The fraction of sp³-hybridized carbons (Fsp3) is 0.125. The third-order valence-electron chi connectivity index (χ3n) is 3.54. The maximum absolute atomic E-state index is 6.05. The van der Waals surface area contributed by atoms with Crippen molar-refractivity contribution in [1.29, 1.82) is 0 Å². The van der Waals surface area contributed by atoms with Gasteiger partial charge in [-0.25, -0.2) is 0 Å². The second-order valence-corrected chi connectivity index (χ2v) is 9.46. The Hall–Kier alpha value is -1.80. The van der Waals surface area contributed by atoms with Gasteiger partial charge in [0, 0.05) is 5.39 Å². The van der Waals surface area contributed by atoms with Gasteiger partial charge in [0.05, 0.1) is 5.38 Å². The van der Waals surface area contributed by atoms with E-state index in [2.05, 4.69) is 61.6 Å². The first kappa shape index (κ1) is 11.3. The molecule has 1 heterocycles. The molecule has 18 heavy (non-hydrogen) atoms. The second kappa shape index (κ2) is 4.14. The van der Waals surface area contributed by atoms with Crippen molar-refractivity contribution in [2.24, 2.45) is 0 Å². The zero-order valence-electron chi connectivity index (χ0n) is 10.7. The monoisotopic (exact) mass is 252 g/mol. The minimum absolute atomic E-state index is 0.990. The van der Waals surface area contributed by atoms with E-state index in [0.29, 0.717) is 0 Å². The first-order valence-electron chi connectivity index (χ1n) is 6.22. The van der Waals surface area contributed by atoms with Gasteiger partial charge < -0.3 is 4.42 Å². The largest absolute Gasteiger partial charge is 0.466 e. The minimum Gasteiger partial charge on any atom is -0.466 e. The lowest BCUT2D eigenvalue weighted by molar-refractivity contribution is 0.649. The average molecular weight is 252 g/mol. The summed E-state index contributed by atoms with van der Waals surface area (Å²) < 4.78 is 6.05. The van der Waals surface area contributed by atoms with Crippen LogP contribution in [0.2, 0.25) is 13.1 Å². The van der Waals surface area contributed by atoms with Gasteiger partial charge in [-0.15, -0.1) is 0 Å². The molecule has 0 saturated heterocycles. The molecule has 2 heteroatoms. The van der Waals surface area contributed by atoms with Crippen LogP contribution < -0.4 is 10.6 Å². The first-order valence-corrected chi connectivity index (χ1v) is 9.22. The second-order valence-electron chi connectivity index (χ2n) is 5.14. The third-order valence-corrected chi connectivity index (χ3v) is 6.79. The van der Waals surface area contributed by atoms with Crippen LogP contribution in [0.5, 0.6) is 0 Å². The Morgan fingerprint density at radius 3 is 2.22 bits per heavy atom. The molecule has 0 fully saturated rings. The van der Waals surface area contributed by atoms with Gasteiger partial charge in [-0.2, -0.15) is 0 Å². The van der Waals surface area contributed by atoms with Crippen molar-refractivity contribution in [3.8, 4) is 0 Å². The van der Waals surface area contributed by atoms with Gasteiger partial charge in [-0.05, 0) is 12.1 Å². The number of hydrogen-bond donors (Lipinski definition) is 0. The van der Waals surface area contributed by atoms with Crippen LogP contribution in [0.1, 0.15) is 0 Å². The van der Waals surface area contributed by atoms with E-state index >= 15 is 0 Å². The van der Waals surface area contributed by atoms with Crippen molar-refractivity contribution < 1.29 is 4.42 Å². The fourth-order valence-corrected chi connectivity index (χ4v) is 4.48. The third kappa shape index (κ3) is 1.79. The highest BCUT2D eigenvalue weighted by molar-refractivity contribution is 6.99. The summed E-state index contributed by atoms with van der Waals surface area (Å²) in [6.07, 6.45) is 0. The van der Waals surface area contributed by atoms with E-state index in [0.717, 1.165) is 11.0 Å². The molecule has 1 nitrogen and oxygen atoms in total. The Morgan fingerprint density at radius 1 is 0.833 bits per heavy atom. The van der Waals surface area contributed by atoms with Crippen molar-refractivity contribution in [3.63, 3.8) is 0 Å². The molecule has 0 unspecified atom stereocenters. The van der Waals surface area contributed by atoms with Gasteiger partial charge in [0.2, 0.25) is 0 Å². The molecule has 0 spiro atoms. The van der Waals surface area contributed by atoms with E-state index in [1.807, 2.05) is 12.1 Å². The zero-order chi connectivity index (χ0) is 12.6. The Balaban J connectivity index is 2.13. The first-order chi connectivity index (χ1) is 8.68. The molecule has 0 aliphatic carbocycles. The lowest BCUT2D eigenvalue weighted by Crippen LogP contribution is -2.52. The molecule has 3 aromatic rings. The Kier molecular flexibility index (Phi) is 2.60. The molecule has 0 atom stereocenters. The number of para-hydroxylation sites is 1. The summed E-state index contributed by atoms with van der Waals surface area (Å²) >= 11 is 0. The van der Waals surface area contributed by atoms with Crippen molar-refractivity contribution in [2.75, 3.05) is 0 Å². The lowest BCUT2D eigenvalue weighted by Gasteiger charge is -2.19. The summed E-state index contributed by atoms with van der Waals surface area (Å²) in [5.74, 6) is 0. The van der Waals surface area contributed by atoms with Crippen LogP contribution in [-0.4, -0.2) is 8.07 Å². The number of furan rings is 1. The molecular weight excluding hydrogens is 236 g/mol. The van der Waals surface area contributed by atoms with Gasteiger partial charge in [0.1, 0.15) is 5.58 Å². The van der Waals surface area contributed by atoms with Crippen LogP contribution in [0.3, 0.4) is 0 Å². The summed E-state index contributed by atoms with van der Waals surface area (Å²) in [5, 5.41) is 3.75. The highest BCUT2D eigenvalue weighted by atomic mass is 28.3. The van der Waals surface area contributed by atoms with Crippen LogP contribution in [0.15, 0.2) is 65.1 Å². The summed E-state index contributed by atoms with van der Waals surface area (Å²) in [7, 11) is -1.71. The molecule has 0 bridgehead atoms. The number of rotatable bonds is 2. The topological polar surface area (TPSA) is 13.1 Å². The molecule has 2 aromatic carbocycles. The molecule has 0 amide bonds. The molecule has 0 N–H and O–H groups in total. The summed E-state index contributed by atoms with van der Waals surface area (Å²) in [4.78, 5) is 0. The molecule has 3 rings (SSSR count). The smallest absolute Gasteiger partial charge is 0.156 e. The molecular formula is C16H16OSi. The summed E-state index contributed by atoms with van der Waals surface area (Å²) in [6.45, 7) is 4.67. The van der Waals surface area contributed by atoms with Gasteiger partial charge in [0.15, 0.2) is 8.07 Å². The predicted molar refractivity (Wildman–Crippen MR) is 79.4 cm³/mol. The highest BCUT2D eigenvalue weighted by Crippen LogP contribution is 2.16. The maximum atomic E-state index is 6.05. The normalized spacial score (nSPS) is 11.9. The van der Waals surface area contributed by atoms with E-state index in [9.17, 15) is 0 Å². The maximum Gasteiger partial charge on any atom is 0.156 e. The fourth-order valence-electron chi connectivity index (χ4n) is 2.29. The molecule has 0 saturated carbocycles. The standard InChI is InChI=1S/C16H16OSi/c1-18(2,14-9-4-3-5-10-14)16-12-13-8-6-7-11-15(13)17-16/h3-12H,1-2H3. The number of hydrogen-bond acceptors (Lipinski definition) is 1. The molecule has 1 aromatic heterocycles. The minimum atomic E-state index is -1.71. The number of benzene rings is 2. The predicted octanol–water partition coefficient (Wildman–Crippen LogP) is 3.26. The Labute approximate surface area is 108 Å². The highest BCUT2D eigenvalue weighted by Gasteiger charge is 2.29. The van der Waals surface area contributed by atoms with Gasteiger partial charge in [-0.3, -0.25) is 0 Å². The molecule has 0 aliphatic rings. The Bertz CT molecular complexity index is 635. The van der Waals surface area contributed by atoms with Crippen molar-refractivity contribution in [3.05, 3.63) is 60.7 Å². The van der Waals surface area contributed by atoms with Crippen molar-refractivity contribution in [2.45, 2.75) is 13.1 Å². The van der Waals surface area contributed by atoms with Crippen LogP contribution in [0.25, 0.3) is 11.0 Å². The van der Waals surface area contributed by atoms with Crippen LogP contribution in [0.4, 0.5) is 0 Å². The van der Waals surface area contributed by atoms with Crippen LogP contribution in [-0.2, 0) is 0 Å². The molecule has 0 radical (unpaired) electrons. The molecule has 0 aliphatic heterocycles. The Morgan fingerprint density at radius 2 is 1.50 bits per heavy atom.